The molecule has 0 spiro atoms. The summed E-state index contributed by atoms with van der Waals surface area (Å²) in [7, 11) is 1.66. The average Bonchev–Trinajstić information content (AvgIpc) is 3.41. The normalized spacial score (nSPS) is 11.4. The minimum atomic E-state index is 0.539. The fourth-order valence-corrected chi connectivity index (χ4v) is 2.73. The van der Waals surface area contributed by atoms with Crippen molar-refractivity contribution in [1.82, 2.24) is 25.4 Å². The van der Waals surface area contributed by atoms with Crippen molar-refractivity contribution < 1.29 is 9.15 Å². The number of furan rings is 1. The molecule has 0 aliphatic rings. The van der Waals surface area contributed by atoms with E-state index < -0.39 is 0 Å². The number of aryl methyl sites for hydroxylation is 1. The monoisotopic (exact) mass is 382 g/mol. The van der Waals surface area contributed by atoms with E-state index in [1.165, 1.54) is 0 Å². The second-order valence-corrected chi connectivity index (χ2v) is 6.17. The highest BCUT2D eigenvalue weighted by atomic mass is 16.5. The van der Waals surface area contributed by atoms with Crippen molar-refractivity contribution in [3.63, 3.8) is 0 Å². The van der Waals surface area contributed by atoms with Gasteiger partial charge in [-0.15, -0.1) is 10.2 Å². The number of nitrogens with zero attached hydrogens (tertiary/aromatic N) is 4. The predicted molar refractivity (Wildman–Crippen MR) is 107 cm³/mol. The van der Waals surface area contributed by atoms with Crippen LogP contribution in [0.25, 0.3) is 0 Å². The number of rotatable bonds is 9. The van der Waals surface area contributed by atoms with Crippen molar-refractivity contribution in [2.24, 2.45) is 4.99 Å². The lowest BCUT2D eigenvalue weighted by Gasteiger charge is -2.13. The topological polar surface area (TPSA) is 89.5 Å². The molecule has 0 atom stereocenters. The molecule has 0 fully saturated rings. The van der Waals surface area contributed by atoms with Crippen molar-refractivity contribution in [3.05, 3.63) is 66.1 Å². The van der Waals surface area contributed by atoms with Gasteiger partial charge in [-0.1, -0.05) is 19.1 Å². The van der Waals surface area contributed by atoms with Crippen molar-refractivity contribution in [3.8, 4) is 5.75 Å². The first-order chi connectivity index (χ1) is 13.8. The van der Waals surface area contributed by atoms with Crippen LogP contribution in [0.1, 0.15) is 24.1 Å². The number of methoxy groups -OCH3 is 1. The summed E-state index contributed by atoms with van der Waals surface area (Å²) < 4.78 is 12.7. The molecule has 0 saturated carbocycles. The predicted octanol–water partition coefficient (Wildman–Crippen LogP) is 2.38. The van der Waals surface area contributed by atoms with E-state index in [1.807, 2.05) is 41.0 Å². The number of guanidine groups is 1. The Balaban J connectivity index is 1.61. The number of nitrogens with one attached hydrogen (secondary N) is 2. The van der Waals surface area contributed by atoms with Crippen LogP contribution in [0.2, 0.25) is 0 Å². The van der Waals surface area contributed by atoms with E-state index in [9.17, 15) is 0 Å². The molecule has 0 unspecified atom stereocenters. The van der Waals surface area contributed by atoms with Crippen LogP contribution in [0.4, 0.5) is 0 Å². The Morgan fingerprint density at radius 2 is 2.18 bits per heavy atom. The molecule has 0 aliphatic heterocycles. The first-order valence-electron chi connectivity index (χ1n) is 9.32. The molecule has 8 heteroatoms. The highest BCUT2D eigenvalue weighted by Gasteiger charge is 2.04. The lowest BCUT2D eigenvalue weighted by atomic mass is 10.2. The molecule has 0 saturated heterocycles. The van der Waals surface area contributed by atoms with Crippen molar-refractivity contribution in [2.45, 2.75) is 33.0 Å². The largest absolute Gasteiger partial charge is 0.497 e. The summed E-state index contributed by atoms with van der Waals surface area (Å²) in [6.45, 7) is 4.63. The molecule has 3 rings (SSSR count). The average molecular weight is 382 g/mol. The van der Waals surface area contributed by atoms with Gasteiger partial charge in [0, 0.05) is 19.5 Å². The molecule has 148 valence electrons. The molecule has 8 nitrogen and oxygen atoms in total. The number of hydrogen-bond acceptors (Lipinski definition) is 5. The molecule has 1 aromatic carbocycles. The molecule has 2 N–H and O–H groups in total. The lowest BCUT2D eigenvalue weighted by Crippen LogP contribution is -2.38. The standard InChI is InChI=1S/C20H26N6O2/c1-3-19-25-24-15-26(19)10-9-21-20(23-14-18-8-5-11-28-18)22-13-16-6-4-7-17(12-16)27-2/h4-8,11-12,15H,3,9-10,13-14H2,1-2H3,(H2,21,22,23). The molecular formula is C20H26N6O2. The van der Waals surface area contributed by atoms with E-state index in [0.29, 0.717) is 25.6 Å². The van der Waals surface area contributed by atoms with E-state index in [1.54, 1.807) is 19.7 Å². The van der Waals surface area contributed by atoms with Gasteiger partial charge in [0.1, 0.15) is 23.7 Å². The Kier molecular flexibility index (Phi) is 7.06. The second kappa shape index (κ2) is 10.1. The highest BCUT2D eigenvalue weighted by molar-refractivity contribution is 5.79. The minimum Gasteiger partial charge on any atom is -0.497 e. The number of benzene rings is 1. The first kappa shape index (κ1) is 19.5. The van der Waals surface area contributed by atoms with E-state index >= 15 is 0 Å². The van der Waals surface area contributed by atoms with E-state index in [0.717, 1.165) is 35.9 Å². The lowest BCUT2D eigenvalue weighted by molar-refractivity contribution is 0.414. The molecule has 0 amide bonds. The van der Waals surface area contributed by atoms with Crippen LogP contribution in [0, 0.1) is 0 Å². The van der Waals surface area contributed by atoms with Gasteiger partial charge < -0.3 is 24.4 Å². The molecule has 2 aromatic heterocycles. The van der Waals surface area contributed by atoms with Crippen LogP contribution in [-0.2, 0) is 26.1 Å². The van der Waals surface area contributed by atoms with Crippen LogP contribution in [0.5, 0.6) is 5.75 Å². The summed E-state index contributed by atoms with van der Waals surface area (Å²) >= 11 is 0. The molecule has 0 radical (unpaired) electrons. The zero-order chi connectivity index (χ0) is 19.6. The van der Waals surface area contributed by atoms with Crippen molar-refractivity contribution in [1.29, 1.82) is 0 Å². The summed E-state index contributed by atoms with van der Waals surface area (Å²) in [5.74, 6) is 3.36. The van der Waals surface area contributed by atoms with Gasteiger partial charge in [0.15, 0.2) is 5.96 Å². The van der Waals surface area contributed by atoms with Crippen molar-refractivity contribution >= 4 is 5.96 Å². The molecule has 3 aromatic rings. The highest BCUT2D eigenvalue weighted by Crippen LogP contribution is 2.13. The zero-order valence-electron chi connectivity index (χ0n) is 16.3. The molecule has 28 heavy (non-hydrogen) atoms. The smallest absolute Gasteiger partial charge is 0.192 e. The SMILES string of the molecule is CCc1nncn1CCNC(=NCc1cccc(OC)c1)NCc1ccco1. The number of ether oxygens (including phenoxy) is 1. The Bertz CT molecular complexity index is 872. The van der Waals surface area contributed by atoms with Crippen LogP contribution in [-0.4, -0.2) is 34.4 Å². The van der Waals surface area contributed by atoms with E-state index in [2.05, 4.69) is 32.7 Å². The third kappa shape index (κ3) is 5.60. The van der Waals surface area contributed by atoms with Gasteiger partial charge >= 0.3 is 0 Å². The number of hydrogen-bond donors (Lipinski definition) is 2. The summed E-state index contributed by atoms with van der Waals surface area (Å²) in [6.07, 6.45) is 4.27. The van der Waals surface area contributed by atoms with Gasteiger partial charge in [-0.05, 0) is 29.8 Å². The van der Waals surface area contributed by atoms with Gasteiger partial charge in [0.05, 0.1) is 26.5 Å². The van der Waals surface area contributed by atoms with Crippen LogP contribution < -0.4 is 15.4 Å². The van der Waals surface area contributed by atoms with E-state index in [-0.39, 0.29) is 0 Å². The minimum absolute atomic E-state index is 0.539. The molecule has 0 bridgehead atoms. The van der Waals surface area contributed by atoms with Crippen molar-refractivity contribution in [2.75, 3.05) is 13.7 Å². The summed E-state index contributed by atoms with van der Waals surface area (Å²) in [5, 5.41) is 14.7. The van der Waals surface area contributed by atoms with Gasteiger partial charge in [0.25, 0.3) is 0 Å². The Morgan fingerprint density at radius 1 is 1.25 bits per heavy atom. The van der Waals surface area contributed by atoms with Gasteiger partial charge in [-0.25, -0.2) is 4.99 Å². The third-order valence-corrected chi connectivity index (χ3v) is 4.22. The van der Waals surface area contributed by atoms with Crippen LogP contribution >= 0.6 is 0 Å². The van der Waals surface area contributed by atoms with Gasteiger partial charge in [-0.3, -0.25) is 0 Å². The summed E-state index contributed by atoms with van der Waals surface area (Å²) in [5.41, 5.74) is 1.07. The Hall–Kier alpha value is -3.29. The van der Waals surface area contributed by atoms with Crippen LogP contribution in [0.15, 0.2) is 58.4 Å². The Labute approximate surface area is 164 Å². The quantitative estimate of drug-likeness (QED) is 0.436. The summed E-state index contributed by atoms with van der Waals surface area (Å²) in [6, 6.07) is 11.7. The summed E-state index contributed by atoms with van der Waals surface area (Å²) in [4.78, 5) is 4.69. The van der Waals surface area contributed by atoms with Crippen LogP contribution in [0.3, 0.4) is 0 Å². The molecule has 0 aliphatic carbocycles. The maximum atomic E-state index is 5.39. The number of aliphatic imine (C=N–C) groups is 1. The zero-order valence-corrected chi connectivity index (χ0v) is 16.3. The fraction of sp³-hybridized carbons (Fsp3) is 0.350. The van der Waals surface area contributed by atoms with Gasteiger partial charge in [-0.2, -0.15) is 0 Å². The molecule has 2 heterocycles. The second-order valence-electron chi connectivity index (χ2n) is 6.17. The van der Waals surface area contributed by atoms with E-state index in [4.69, 9.17) is 9.15 Å². The Morgan fingerprint density at radius 3 is 2.96 bits per heavy atom. The molecular weight excluding hydrogens is 356 g/mol. The maximum Gasteiger partial charge on any atom is 0.192 e. The third-order valence-electron chi connectivity index (χ3n) is 4.22. The maximum absolute atomic E-state index is 5.39. The first-order valence-corrected chi connectivity index (χ1v) is 9.32. The van der Waals surface area contributed by atoms with Gasteiger partial charge in [0.2, 0.25) is 0 Å². The fourth-order valence-electron chi connectivity index (χ4n) is 2.73. The number of aromatic nitrogens is 3.